The lowest BCUT2D eigenvalue weighted by Gasteiger charge is -2.33. The van der Waals surface area contributed by atoms with Crippen molar-refractivity contribution >= 4 is 82.7 Å². The molecule has 40 heavy (non-hydrogen) atoms. The Morgan fingerprint density at radius 1 is 0.400 bits per heavy atom. The minimum Gasteiger partial charge on any atom is -0.456 e. The fourth-order valence-electron chi connectivity index (χ4n) is 6.83. The molecule has 0 saturated carbocycles. The van der Waals surface area contributed by atoms with Gasteiger partial charge in [-0.1, -0.05) is 66.7 Å². The van der Waals surface area contributed by atoms with Gasteiger partial charge in [0.2, 0.25) is 0 Å². The van der Waals surface area contributed by atoms with Gasteiger partial charge in [-0.2, -0.15) is 0 Å². The zero-order valence-corrected chi connectivity index (χ0v) is 21.3. The minimum atomic E-state index is 0.898. The van der Waals surface area contributed by atoms with Crippen molar-refractivity contribution in [2.45, 2.75) is 0 Å². The maximum Gasteiger partial charge on any atom is 0.160 e. The van der Waals surface area contributed by atoms with Crippen molar-refractivity contribution in [3.05, 3.63) is 121 Å². The molecule has 0 radical (unpaired) electrons. The summed E-state index contributed by atoms with van der Waals surface area (Å²) < 4.78 is 15.1. The standard InChI is InChI=1S/C36H20N2O2/c1-6-15-32-22(8-1)26-18-17-25-24-10-7-13-30-34(24)38(35(25)36(26)40-32)29-12-4-3-11-28(29)37(30)21-16-19-33-27(20-21)23-9-2-5-14-31(23)39-33/h1-20H. The van der Waals surface area contributed by atoms with Crippen LogP contribution in [0.15, 0.2) is 130 Å². The van der Waals surface area contributed by atoms with Crippen molar-refractivity contribution in [1.29, 1.82) is 0 Å². The van der Waals surface area contributed by atoms with Crippen molar-refractivity contribution in [1.82, 2.24) is 4.57 Å². The van der Waals surface area contributed by atoms with E-state index in [1.165, 1.54) is 16.3 Å². The molecule has 4 heteroatoms. The lowest BCUT2D eigenvalue weighted by atomic mass is 10.1. The van der Waals surface area contributed by atoms with Gasteiger partial charge in [0.15, 0.2) is 5.58 Å². The number of para-hydroxylation sites is 5. The van der Waals surface area contributed by atoms with E-state index in [1.807, 2.05) is 18.2 Å². The van der Waals surface area contributed by atoms with Crippen molar-refractivity contribution in [3.8, 4) is 5.69 Å². The third kappa shape index (κ3) is 2.42. The van der Waals surface area contributed by atoms with Crippen LogP contribution in [0.3, 0.4) is 0 Å². The highest BCUT2D eigenvalue weighted by Crippen LogP contribution is 2.51. The van der Waals surface area contributed by atoms with Crippen LogP contribution in [-0.4, -0.2) is 4.57 Å². The first kappa shape index (κ1) is 20.5. The molecule has 4 heterocycles. The predicted octanol–water partition coefficient (Wildman–Crippen LogP) is 10.4. The molecule has 0 amide bonds. The summed E-state index contributed by atoms with van der Waals surface area (Å²) in [5.41, 5.74) is 10.4. The molecule has 0 fully saturated rings. The maximum absolute atomic E-state index is 6.56. The number of rotatable bonds is 1. The predicted molar refractivity (Wildman–Crippen MR) is 164 cm³/mol. The largest absolute Gasteiger partial charge is 0.456 e. The van der Waals surface area contributed by atoms with Gasteiger partial charge in [0.1, 0.15) is 16.7 Å². The summed E-state index contributed by atoms with van der Waals surface area (Å²) in [4.78, 5) is 2.38. The number of fused-ring (bicyclic) bond motifs is 12. The summed E-state index contributed by atoms with van der Waals surface area (Å²) in [6, 6.07) is 42.8. The van der Waals surface area contributed by atoms with Gasteiger partial charge in [0.05, 0.1) is 28.1 Å². The molecule has 10 rings (SSSR count). The molecule has 1 aliphatic heterocycles. The lowest BCUT2D eigenvalue weighted by Crippen LogP contribution is -2.18. The molecule has 0 bridgehead atoms. The summed E-state index contributed by atoms with van der Waals surface area (Å²) in [5, 5.41) is 6.93. The summed E-state index contributed by atoms with van der Waals surface area (Å²) in [7, 11) is 0. The van der Waals surface area contributed by atoms with E-state index in [0.717, 1.165) is 72.1 Å². The van der Waals surface area contributed by atoms with Crippen LogP contribution in [0.5, 0.6) is 0 Å². The second kappa shape index (κ2) is 7.13. The summed E-state index contributed by atoms with van der Waals surface area (Å²) in [6.07, 6.45) is 0. The van der Waals surface area contributed by atoms with Gasteiger partial charge in [0.25, 0.3) is 0 Å². The highest BCUT2D eigenvalue weighted by Gasteiger charge is 2.30. The van der Waals surface area contributed by atoms with Gasteiger partial charge in [0, 0.05) is 38.0 Å². The monoisotopic (exact) mass is 512 g/mol. The van der Waals surface area contributed by atoms with Crippen LogP contribution in [0, 0.1) is 0 Å². The molecule has 3 aromatic heterocycles. The van der Waals surface area contributed by atoms with Crippen molar-refractivity contribution in [3.63, 3.8) is 0 Å². The molecule has 0 saturated heterocycles. The Balaban J connectivity index is 1.35. The minimum absolute atomic E-state index is 0.898. The Morgan fingerprint density at radius 3 is 1.90 bits per heavy atom. The highest BCUT2D eigenvalue weighted by molar-refractivity contribution is 6.24. The van der Waals surface area contributed by atoms with Gasteiger partial charge in [-0.25, -0.2) is 0 Å². The van der Waals surface area contributed by atoms with E-state index < -0.39 is 0 Å². The van der Waals surface area contributed by atoms with Gasteiger partial charge < -0.3 is 18.3 Å². The fourth-order valence-corrected chi connectivity index (χ4v) is 6.83. The SMILES string of the molecule is c1ccc2c(c1)N(c1ccc3oc4ccccc4c3c1)c1cccc3c4ccc5c6ccccc6oc5c4n-2c13. The number of anilines is 3. The molecular weight excluding hydrogens is 492 g/mol. The van der Waals surface area contributed by atoms with E-state index in [9.17, 15) is 0 Å². The van der Waals surface area contributed by atoms with E-state index >= 15 is 0 Å². The van der Waals surface area contributed by atoms with Crippen molar-refractivity contribution in [2.24, 2.45) is 0 Å². The van der Waals surface area contributed by atoms with Crippen molar-refractivity contribution in [2.75, 3.05) is 4.90 Å². The van der Waals surface area contributed by atoms with E-state index in [4.69, 9.17) is 8.83 Å². The molecule has 1 aliphatic rings. The Morgan fingerprint density at radius 2 is 1.02 bits per heavy atom. The average Bonchev–Trinajstić information content (AvgIpc) is 3.67. The van der Waals surface area contributed by atoms with Crippen LogP contribution in [-0.2, 0) is 0 Å². The molecule has 4 nitrogen and oxygen atoms in total. The van der Waals surface area contributed by atoms with E-state index in [-0.39, 0.29) is 0 Å². The van der Waals surface area contributed by atoms with Crippen LogP contribution < -0.4 is 4.90 Å². The third-order valence-corrected chi connectivity index (χ3v) is 8.50. The summed E-state index contributed by atoms with van der Waals surface area (Å²) in [6.45, 7) is 0. The second-order valence-electron chi connectivity index (χ2n) is 10.5. The quantitative estimate of drug-likeness (QED) is 0.219. The zero-order chi connectivity index (χ0) is 25.9. The first-order valence-electron chi connectivity index (χ1n) is 13.5. The molecule has 9 aromatic rings. The Labute approximate surface area is 227 Å². The molecule has 186 valence electrons. The Hall–Kier alpha value is -5.48. The number of hydrogen-bond acceptors (Lipinski definition) is 3. The molecule has 0 atom stereocenters. The first-order valence-corrected chi connectivity index (χ1v) is 13.5. The van der Waals surface area contributed by atoms with Gasteiger partial charge in [-0.15, -0.1) is 0 Å². The van der Waals surface area contributed by atoms with Gasteiger partial charge >= 0.3 is 0 Å². The topological polar surface area (TPSA) is 34.5 Å². The van der Waals surface area contributed by atoms with E-state index in [1.54, 1.807) is 0 Å². The molecule has 0 spiro atoms. The van der Waals surface area contributed by atoms with E-state index in [0.29, 0.717) is 0 Å². The third-order valence-electron chi connectivity index (χ3n) is 8.50. The number of aromatic nitrogens is 1. The maximum atomic E-state index is 6.56. The molecule has 6 aromatic carbocycles. The van der Waals surface area contributed by atoms with Crippen LogP contribution in [0.1, 0.15) is 0 Å². The van der Waals surface area contributed by atoms with E-state index in [2.05, 4.69) is 113 Å². The normalized spacial score (nSPS) is 12.9. The highest BCUT2D eigenvalue weighted by atomic mass is 16.3. The van der Waals surface area contributed by atoms with Crippen molar-refractivity contribution < 1.29 is 8.83 Å². The van der Waals surface area contributed by atoms with Crippen LogP contribution in [0.4, 0.5) is 17.1 Å². The summed E-state index contributed by atoms with van der Waals surface area (Å²) in [5.74, 6) is 0. The van der Waals surface area contributed by atoms with Gasteiger partial charge in [-0.3, -0.25) is 0 Å². The number of furan rings is 2. The second-order valence-corrected chi connectivity index (χ2v) is 10.5. The van der Waals surface area contributed by atoms with Crippen LogP contribution in [0.2, 0.25) is 0 Å². The number of benzene rings is 6. The zero-order valence-electron chi connectivity index (χ0n) is 21.3. The van der Waals surface area contributed by atoms with Gasteiger partial charge in [-0.05, 0) is 54.6 Å². The summed E-state index contributed by atoms with van der Waals surface area (Å²) >= 11 is 0. The lowest BCUT2D eigenvalue weighted by molar-refractivity contribution is 0.669. The molecule has 0 aliphatic carbocycles. The number of hydrogen-bond donors (Lipinski definition) is 0. The Bertz CT molecular complexity index is 2510. The van der Waals surface area contributed by atoms with Crippen LogP contribution >= 0.6 is 0 Å². The average molecular weight is 513 g/mol. The fraction of sp³-hybridized carbons (Fsp3) is 0. The Kier molecular flexibility index (Phi) is 3.65. The number of nitrogens with zero attached hydrogens (tertiary/aromatic N) is 2. The molecule has 0 unspecified atom stereocenters. The molecule has 0 N–H and O–H groups in total. The van der Waals surface area contributed by atoms with Crippen LogP contribution in [0.25, 0.3) is 71.4 Å². The first-order chi connectivity index (χ1) is 19.8. The smallest absolute Gasteiger partial charge is 0.160 e. The molecular formula is C36H20N2O2.